The van der Waals surface area contributed by atoms with Gasteiger partial charge in [0.1, 0.15) is 17.3 Å². The minimum Gasteiger partial charge on any atom is -0.508 e. The Morgan fingerprint density at radius 3 is 2.28 bits per heavy atom. The number of aromatic hydroxyl groups is 1. The number of likely N-dealkylation sites (tertiary alicyclic amines) is 1. The number of nitrogens with two attached hydrogens (primary N) is 1. The summed E-state index contributed by atoms with van der Waals surface area (Å²) in [7, 11) is 1.28. The van der Waals surface area contributed by atoms with Crippen LogP contribution in [0.4, 0.5) is 27.6 Å². The van der Waals surface area contributed by atoms with Gasteiger partial charge in [0.2, 0.25) is 5.91 Å². The van der Waals surface area contributed by atoms with E-state index in [4.69, 9.17) is 5.73 Å². The van der Waals surface area contributed by atoms with Crippen LogP contribution in [-0.4, -0.2) is 126 Å². The number of carboxylic acid groups (broad SMARTS) is 1. The van der Waals surface area contributed by atoms with Crippen LogP contribution in [0.1, 0.15) is 45.9 Å². The number of piperazine rings is 1. The highest BCUT2D eigenvalue weighted by Crippen LogP contribution is 2.37. The maximum absolute atomic E-state index is 15.3. The SMILES string of the molecule is Cn1c(-c2cn(-c3ccc(O)cc3F)nc2C(F)(F)F)cnc1C(=O)Nc1ccc(C(=O)N2CCN(C(=O)C3CC[N+](CCCN)(CC(=O)O)CC3)CC2)c(F)c1. The first-order chi connectivity index (χ1) is 27.0. The first kappa shape index (κ1) is 40.8. The van der Waals surface area contributed by atoms with Gasteiger partial charge < -0.3 is 40.1 Å². The molecule has 2 aliphatic rings. The molecule has 0 radical (unpaired) electrons. The molecule has 0 aliphatic carbocycles. The molecule has 4 heterocycles. The highest BCUT2D eigenvalue weighted by Gasteiger charge is 2.41. The van der Waals surface area contributed by atoms with E-state index in [9.17, 15) is 47.0 Å². The van der Waals surface area contributed by atoms with Gasteiger partial charge in [-0.05, 0) is 36.9 Å². The lowest BCUT2D eigenvalue weighted by molar-refractivity contribution is -0.926. The third-order valence-corrected chi connectivity index (χ3v) is 10.5. The number of halogens is 5. The van der Waals surface area contributed by atoms with Crippen LogP contribution in [0.25, 0.3) is 16.9 Å². The Morgan fingerprint density at radius 2 is 1.67 bits per heavy atom. The van der Waals surface area contributed by atoms with Gasteiger partial charge in [-0.15, -0.1) is 0 Å². The van der Waals surface area contributed by atoms with E-state index in [2.05, 4.69) is 15.4 Å². The molecule has 3 amide bonds. The van der Waals surface area contributed by atoms with Crippen molar-refractivity contribution in [3.05, 3.63) is 77.5 Å². The average Bonchev–Trinajstić information content (AvgIpc) is 3.78. The molecular weight excluding hydrogens is 761 g/mol. The average molecular weight is 803 g/mol. The van der Waals surface area contributed by atoms with E-state index in [0.717, 1.165) is 35.2 Å². The molecule has 0 unspecified atom stereocenters. The number of aromatic nitrogens is 4. The molecule has 4 aromatic rings. The number of hydrogen-bond acceptors (Lipinski definition) is 8. The third-order valence-electron chi connectivity index (χ3n) is 10.5. The predicted octanol–water partition coefficient (Wildman–Crippen LogP) is 3.47. The van der Waals surface area contributed by atoms with Crippen molar-refractivity contribution in [2.75, 3.05) is 64.2 Å². The zero-order chi connectivity index (χ0) is 41.2. The molecule has 304 valence electrons. The van der Waals surface area contributed by atoms with Crippen molar-refractivity contribution in [2.24, 2.45) is 18.7 Å². The Morgan fingerprint density at radius 1 is 0.982 bits per heavy atom. The lowest BCUT2D eigenvalue weighted by Crippen LogP contribution is -2.58. The van der Waals surface area contributed by atoms with Crippen LogP contribution in [-0.2, 0) is 22.8 Å². The van der Waals surface area contributed by atoms with E-state index < -0.39 is 52.6 Å². The van der Waals surface area contributed by atoms with Crippen LogP contribution in [0.3, 0.4) is 0 Å². The number of rotatable bonds is 11. The van der Waals surface area contributed by atoms with Crippen LogP contribution in [0, 0.1) is 17.6 Å². The molecule has 6 rings (SSSR count). The number of amides is 3. The summed E-state index contributed by atoms with van der Waals surface area (Å²) in [6.07, 6.45) is -1.30. The van der Waals surface area contributed by atoms with E-state index in [0.29, 0.717) is 60.7 Å². The van der Waals surface area contributed by atoms with Gasteiger partial charge in [-0.2, -0.15) is 18.3 Å². The van der Waals surface area contributed by atoms with E-state index in [1.807, 2.05) is 0 Å². The van der Waals surface area contributed by atoms with Crippen molar-refractivity contribution in [3.8, 4) is 22.7 Å². The molecule has 20 heteroatoms. The fraction of sp³-hybridized carbons (Fsp3) is 0.405. The van der Waals surface area contributed by atoms with E-state index in [-0.39, 0.29) is 73.0 Å². The van der Waals surface area contributed by atoms with Crippen molar-refractivity contribution in [2.45, 2.75) is 25.4 Å². The maximum Gasteiger partial charge on any atom is 0.435 e. The normalized spacial score (nSPS) is 18.8. The monoisotopic (exact) mass is 802 g/mol. The van der Waals surface area contributed by atoms with Gasteiger partial charge in [0.15, 0.2) is 23.9 Å². The molecule has 2 aromatic heterocycles. The number of carbonyl (C=O) groups excluding carboxylic acids is 3. The molecule has 2 saturated heterocycles. The van der Waals surface area contributed by atoms with Crippen molar-refractivity contribution in [1.29, 1.82) is 0 Å². The fourth-order valence-corrected chi connectivity index (χ4v) is 7.50. The standard InChI is InChI=1S/C37H40F5N9O6/c1-47-30(26-20-50(46-32(26)37(40,41)42)29-6-4-24(52)18-28(29)39)19-44-33(47)34(55)45-23-3-5-25(27(38)17-23)36(57)49-12-10-48(11-13-49)35(56)22-7-15-51(16-8-22,14-2-9-43)21-31(53)54/h3-6,17-20,22H,2,7-16,21,43H2,1H3,(H2-,45,52,53,54,55,57)/p+1. The Hall–Kier alpha value is -5.89. The number of nitrogens with zero attached hydrogens (tertiary/aromatic N) is 7. The lowest BCUT2D eigenvalue weighted by atomic mass is 9.92. The molecule has 0 bridgehead atoms. The first-order valence-corrected chi connectivity index (χ1v) is 18.1. The molecule has 2 aromatic carbocycles. The number of hydrogen-bond donors (Lipinski definition) is 4. The molecule has 0 saturated carbocycles. The number of piperidine rings is 1. The number of alkyl halides is 3. The maximum atomic E-state index is 15.3. The van der Waals surface area contributed by atoms with Gasteiger partial charge in [-0.3, -0.25) is 14.4 Å². The largest absolute Gasteiger partial charge is 0.508 e. The predicted molar refractivity (Wildman–Crippen MR) is 193 cm³/mol. The number of quaternary nitrogens is 1. The van der Waals surface area contributed by atoms with Crippen LogP contribution < -0.4 is 11.1 Å². The van der Waals surface area contributed by atoms with Crippen LogP contribution >= 0.6 is 0 Å². The highest BCUT2D eigenvalue weighted by molar-refractivity contribution is 6.03. The Kier molecular flexibility index (Phi) is 11.7. The van der Waals surface area contributed by atoms with Gasteiger partial charge in [0.05, 0.1) is 42.7 Å². The minimum absolute atomic E-state index is 0.0191. The number of aliphatic carboxylic acids is 1. The second-order valence-corrected chi connectivity index (χ2v) is 14.2. The lowest BCUT2D eigenvalue weighted by Gasteiger charge is -2.44. The Balaban J connectivity index is 1.07. The summed E-state index contributed by atoms with van der Waals surface area (Å²) in [4.78, 5) is 58.4. The Labute approximate surface area is 322 Å². The van der Waals surface area contributed by atoms with Gasteiger partial charge in [-0.1, -0.05) is 0 Å². The molecule has 2 fully saturated rings. The number of carboxylic acids is 1. The van der Waals surface area contributed by atoms with Crippen molar-refractivity contribution in [3.63, 3.8) is 0 Å². The molecule has 2 aliphatic heterocycles. The topological polar surface area (TPSA) is 189 Å². The van der Waals surface area contributed by atoms with Gasteiger partial charge >= 0.3 is 12.1 Å². The zero-order valence-corrected chi connectivity index (χ0v) is 30.8. The summed E-state index contributed by atoms with van der Waals surface area (Å²) in [5.41, 5.74) is 2.85. The summed E-state index contributed by atoms with van der Waals surface area (Å²) in [6.45, 7) is 2.98. The second-order valence-electron chi connectivity index (χ2n) is 14.2. The van der Waals surface area contributed by atoms with E-state index >= 15 is 4.39 Å². The van der Waals surface area contributed by atoms with E-state index in [1.54, 1.807) is 4.90 Å². The molecule has 0 atom stereocenters. The first-order valence-electron chi connectivity index (χ1n) is 18.1. The van der Waals surface area contributed by atoms with E-state index in [1.165, 1.54) is 24.1 Å². The van der Waals surface area contributed by atoms with Crippen LogP contribution in [0.15, 0.2) is 48.8 Å². The quantitative estimate of drug-likeness (QED) is 0.130. The van der Waals surface area contributed by atoms with Gasteiger partial charge in [-0.25, -0.2) is 23.2 Å². The second kappa shape index (κ2) is 16.3. The van der Waals surface area contributed by atoms with Crippen molar-refractivity contribution in [1.82, 2.24) is 29.1 Å². The summed E-state index contributed by atoms with van der Waals surface area (Å²) < 4.78 is 74.1. The smallest absolute Gasteiger partial charge is 0.435 e. The number of imidazole rings is 1. The zero-order valence-electron chi connectivity index (χ0n) is 30.8. The van der Waals surface area contributed by atoms with Crippen molar-refractivity contribution >= 4 is 29.4 Å². The number of anilines is 1. The number of phenolic OH excluding ortho intramolecular Hbond substituents is 1. The molecular formula is C37H41F5N9O6+. The molecule has 5 N–H and O–H groups in total. The Bertz CT molecular complexity index is 2170. The third kappa shape index (κ3) is 8.75. The van der Waals surface area contributed by atoms with Gasteiger partial charge in [0, 0.05) is 76.4 Å². The minimum atomic E-state index is -4.98. The summed E-state index contributed by atoms with van der Waals surface area (Å²) >= 11 is 0. The molecule has 15 nitrogen and oxygen atoms in total. The molecule has 57 heavy (non-hydrogen) atoms. The van der Waals surface area contributed by atoms with Crippen molar-refractivity contribution < 1.29 is 55.8 Å². The summed E-state index contributed by atoms with van der Waals surface area (Å²) in [6, 6.07) is 6.24. The summed E-state index contributed by atoms with van der Waals surface area (Å²) in [5.74, 6) is -5.51. The number of benzene rings is 2. The number of nitrogens with one attached hydrogen (secondary N) is 1. The number of carbonyl (C=O) groups is 4. The number of phenols is 1. The highest BCUT2D eigenvalue weighted by atomic mass is 19.4. The van der Waals surface area contributed by atoms with Gasteiger partial charge in [0.25, 0.3) is 11.8 Å². The van der Waals surface area contributed by atoms with Crippen LogP contribution in [0.2, 0.25) is 0 Å². The molecule has 0 spiro atoms. The van der Waals surface area contributed by atoms with Crippen LogP contribution in [0.5, 0.6) is 5.75 Å². The fourth-order valence-electron chi connectivity index (χ4n) is 7.50. The summed E-state index contributed by atoms with van der Waals surface area (Å²) in [5, 5.41) is 24.9.